The Morgan fingerprint density at radius 2 is 0.330 bits per heavy atom. The van der Waals surface area contributed by atoms with Gasteiger partial charge in [-0.1, -0.05) is 36.4 Å². The largest absolute Gasteiger partial charge is 2.00 e. The van der Waals surface area contributed by atoms with Crippen molar-refractivity contribution in [2.45, 2.75) is 27.7 Å². The molecule has 0 aliphatic rings. The maximum absolute atomic E-state index is 8.49. The average Bonchev–Trinajstić information content (AvgIpc) is 2.78. The minimum absolute atomic E-state index is 0. The average molecular weight is 1400 g/mol. The van der Waals surface area contributed by atoms with E-state index in [1.807, 2.05) is 146 Å². The zero-order chi connectivity index (χ0) is 65.5. The zero-order valence-electron chi connectivity index (χ0n) is 45.9. The summed E-state index contributed by atoms with van der Waals surface area (Å²) >= 11 is 0. The SMILES string of the molecule is CC#N.CC#N.CC#N.CC#N.[O-][Cl+3]([O-])([O-])[O-].[O-][Cl+3]([O-])([O-])[O-].[O-][Cl+3]([O-])([O-])[O-].[O-][Cl+3]([O-])([O-])[O-].[Zn+2].[Zn+2].c1ccc(-c2ccc(-c3ccccn3)nn2)nc1.c1ccc(-c2ccc(-c3ccccn3)nn2)nc1.c1ccc(-c2ccc(-c3ccccn3)nn2)nc1. The van der Waals surface area contributed by atoms with Crippen LogP contribution in [0.3, 0.4) is 0 Å². The molecule has 0 aromatic carbocycles. The third-order valence-corrected chi connectivity index (χ3v) is 7.56. The molecule has 0 atom stereocenters. The fourth-order valence-corrected chi connectivity index (χ4v) is 4.90. The quantitative estimate of drug-likeness (QED) is 0.140. The molecule has 0 aliphatic heterocycles. The van der Waals surface area contributed by atoms with E-state index in [-0.39, 0.29) is 39.0 Å². The maximum Gasteiger partial charge on any atom is 2.00 e. The molecule has 9 heterocycles. The van der Waals surface area contributed by atoms with Gasteiger partial charge < -0.3 is 0 Å². The molecule has 0 saturated carbocycles. The number of rotatable bonds is 6. The minimum Gasteiger partial charge on any atom is -0.255 e. The van der Waals surface area contributed by atoms with E-state index in [0.717, 1.165) is 68.3 Å². The van der Waals surface area contributed by atoms with Crippen LogP contribution in [-0.4, -0.2) is 60.5 Å². The second kappa shape index (κ2) is 49.9. The van der Waals surface area contributed by atoms with E-state index in [1.54, 1.807) is 61.5 Å². The number of pyridine rings is 6. The zero-order valence-corrected chi connectivity index (χ0v) is 54.9. The van der Waals surface area contributed by atoms with E-state index in [9.17, 15) is 0 Å². The van der Waals surface area contributed by atoms with Crippen molar-refractivity contribution >= 4 is 0 Å². The molecule has 450 valence electrons. The van der Waals surface area contributed by atoms with Gasteiger partial charge >= 0.3 is 39.0 Å². The number of hydrogen-bond acceptors (Lipinski definition) is 32. The molecule has 0 fully saturated rings. The Labute approximate surface area is 535 Å². The van der Waals surface area contributed by atoms with E-state index in [0.29, 0.717) is 0 Å². The van der Waals surface area contributed by atoms with E-state index in [2.05, 4.69) is 60.5 Å². The molecular weight excluding hydrogens is 1350 g/mol. The maximum atomic E-state index is 8.49. The van der Waals surface area contributed by atoms with Crippen molar-refractivity contribution in [1.29, 1.82) is 21.0 Å². The van der Waals surface area contributed by atoms with Gasteiger partial charge in [0.1, 0.15) is 34.2 Å². The molecule has 9 aromatic heterocycles. The van der Waals surface area contributed by atoms with Crippen molar-refractivity contribution in [2.75, 3.05) is 0 Å². The summed E-state index contributed by atoms with van der Waals surface area (Å²) in [6.07, 6.45) is 10.4. The Morgan fingerprint density at radius 1 is 0.227 bits per heavy atom. The van der Waals surface area contributed by atoms with Crippen LogP contribution in [0, 0.1) is 86.3 Å². The van der Waals surface area contributed by atoms with Gasteiger partial charge in [-0.25, -0.2) is 74.5 Å². The van der Waals surface area contributed by atoms with Crippen LogP contribution in [0.25, 0.3) is 68.3 Å². The first-order valence-electron chi connectivity index (χ1n) is 22.2. The summed E-state index contributed by atoms with van der Waals surface area (Å²) in [6.45, 7) is 5.72. The molecule has 0 bridgehead atoms. The molecule has 0 amide bonds. The van der Waals surface area contributed by atoms with Crippen LogP contribution in [0.4, 0.5) is 0 Å². The number of nitriles is 4. The molecule has 0 aliphatic carbocycles. The van der Waals surface area contributed by atoms with Crippen LogP contribution in [0.5, 0.6) is 0 Å². The Bertz CT molecular complexity index is 2750. The monoisotopic (exact) mass is 1390 g/mol. The molecule has 0 saturated heterocycles. The predicted molar refractivity (Wildman–Crippen MR) is 251 cm³/mol. The fourth-order valence-electron chi connectivity index (χ4n) is 4.90. The summed E-state index contributed by atoms with van der Waals surface area (Å²) in [5.41, 5.74) is 9.46. The van der Waals surface area contributed by atoms with E-state index < -0.39 is 41.0 Å². The molecule has 38 heteroatoms. The Hall–Kier alpha value is -8.13. The van der Waals surface area contributed by atoms with Gasteiger partial charge in [-0.2, -0.15) is 21.0 Å². The Balaban J connectivity index is -0.000000480. The van der Waals surface area contributed by atoms with E-state index in [4.69, 9.17) is 95.6 Å². The molecule has 9 rings (SSSR count). The normalized spacial score (nSPS) is 9.36. The topological polar surface area (TPSA) is 619 Å². The van der Waals surface area contributed by atoms with Crippen molar-refractivity contribution < 1.29 is 154 Å². The first-order chi connectivity index (χ1) is 40.5. The summed E-state index contributed by atoms with van der Waals surface area (Å²) in [5, 5.41) is 54.3. The standard InChI is InChI=1S/3C14H10N4.4C2H3N.4ClHO4.2Zn/c3*1-3-9-15-11(5-1)13-7-8-14(18-17-13)12-6-2-4-10-16-12;4*1-2-3;4*2-1(3,4)5;;/h3*1-10H;4*1H3;4*(H,2,3,4,5);;/q;;;;;;;;;;;2*+2/p-4. The van der Waals surface area contributed by atoms with Gasteiger partial charge in [-0.3, -0.25) is 29.9 Å². The molecule has 0 unspecified atom stereocenters. The predicted octanol–water partition coefficient (Wildman–Crippen LogP) is -9.11. The molecular formula is C50H42Cl4N16O16Zn2. The van der Waals surface area contributed by atoms with Gasteiger partial charge in [0, 0.05) is 64.9 Å². The van der Waals surface area contributed by atoms with Gasteiger partial charge in [0.15, 0.2) is 0 Å². The summed E-state index contributed by atoms with van der Waals surface area (Å²) in [5.74, 6) is 0. The van der Waals surface area contributed by atoms with Crippen LogP contribution >= 0.6 is 0 Å². The van der Waals surface area contributed by atoms with Crippen molar-refractivity contribution in [3.8, 4) is 92.6 Å². The summed E-state index contributed by atoms with van der Waals surface area (Å²) < 4.78 is 136. The minimum atomic E-state index is -4.94. The van der Waals surface area contributed by atoms with Gasteiger partial charge in [0.25, 0.3) is 0 Å². The van der Waals surface area contributed by atoms with Crippen LogP contribution in [0.15, 0.2) is 183 Å². The van der Waals surface area contributed by atoms with E-state index >= 15 is 0 Å². The molecule has 0 spiro atoms. The number of halogens is 4. The molecule has 9 aromatic rings. The second-order valence-corrected chi connectivity index (χ2v) is 16.6. The number of aromatic nitrogens is 12. The smallest absolute Gasteiger partial charge is 0.255 e. The van der Waals surface area contributed by atoms with Gasteiger partial charge in [-0.15, -0.1) is 71.6 Å². The van der Waals surface area contributed by atoms with Gasteiger partial charge in [0.2, 0.25) is 0 Å². The van der Waals surface area contributed by atoms with Crippen molar-refractivity contribution in [1.82, 2.24) is 60.5 Å². The van der Waals surface area contributed by atoms with Crippen LogP contribution < -0.4 is 74.5 Å². The third-order valence-electron chi connectivity index (χ3n) is 7.56. The van der Waals surface area contributed by atoms with Crippen molar-refractivity contribution in [3.05, 3.63) is 183 Å². The third kappa shape index (κ3) is 52.2. The Kier molecular flexibility index (Phi) is 49.0. The van der Waals surface area contributed by atoms with E-state index in [1.165, 1.54) is 27.7 Å². The summed E-state index contributed by atoms with van der Waals surface area (Å²) in [4.78, 5) is 25.4. The second-order valence-electron chi connectivity index (χ2n) is 13.6. The van der Waals surface area contributed by atoms with Gasteiger partial charge in [0.05, 0.1) is 58.4 Å². The number of hydrogen-bond donors (Lipinski definition) is 0. The fraction of sp³-hybridized carbons (Fsp3) is 0.0800. The number of nitrogens with zero attached hydrogens (tertiary/aromatic N) is 16. The summed E-state index contributed by atoms with van der Waals surface area (Å²) in [6, 6.07) is 52.7. The molecule has 32 nitrogen and oxygen atoms in total. The van der Waals surface area contributed by atoms with Crippen molar-refractivity contribution in [2.24, 2.45) is 0 Å². The Morgan fingerprint density at radius 3 is 0.398 bits per heavy atom. The first-order valence-corrected chi connectivity index (χ1v) is 27.1. The first kappa shape index (κ1) is 86.3. The molecule has 88 heavy (non-hydrogen) atoms. The van der Waals surface area contributed by atoms with Crippen LogP contribution in [-0.2, 0) is 39.0 Å². The van der Waals surface area contributed by atoms with Crippen LogP contribution in [0.1, 0.15) is 27.7 Å². The summed E-state index contributed by atoms with van der Waals surface area (Å²) in [7, 11) is -19.8. The molecule has 0 N–H and O–H groups in total. The van der Waals surface area contributed by atoms with Crippen LogP contribution in [0.2, 0.25) is 0 Å². The molecule has 0 radical (unpaired) electrons. The van der Waals surface area contributed by atoms with Crippen molar-refractivity contribution in [3.63, 3.8) is 0 Å². The van der Waals surface area contributed by atoms with Gasteiger partial charge in [-0.05, 0) is 109 Å².